The molecular formula is C22H17Cl2N5O2. The van der Waals surface area contributed by atoms with Crippen LogP contribution >= 0.6 is 23.2 Å². The Labute approximate surface area is 187 Å². The number of nitrogens with zero attached hydrogens (tertiary/aromatic N) is 2. The van der Waals surface area contributed by atoms with Gasteiger partial charge < -0.3 is 16.0 Å². The van der Waals surface area contributed by atoms with E-state index in [0.29, 0.717) is 32.5 Å². The summed E-state index contributed by atoms with van der Waals surface area (Å²) in [7, 11) is 0. The van der Waals surface area contributed by atoms with Gasteiger partial charge in [0.15, 0.2) is 0 Å². The summed E-state index contributed by atoms with van der Waals surface area (Å²) in [6, 6.07) is 12.8. The minimum Gasteiger partial charge on any atom is -0.368 e. The maximum atomic E-state index is 12.8. The molecule has 0 bridgehead atoms. The number of hydrogen-bond donors (Lipinski definition) is 3. The van der Waals surface area contributed by atoms with Gasteiger partial charge in [-0.3, -0.25) is 14.6 Å². The average Bonchev–Trinajstić information content (AvgIpc) is 3.19. The van der Waals surface area contributed by atoms with E-state index in [-0.39, 0.29) is 6.42 Å². The Morgan fingerprint density at radius 3 is 2.52 bits per heavy atom. The molecule has 2 heterocycles. The summed E-state index contributed by atoms with van der Waals surface area (Å²) in [5.74, 6) is -0.405. The lowest BCUT2D eigenvalue weighted by atomic mass is 10.0. The van der Waals surface area contributed by atoms with Crippen molar-refractivity contribution in [3.63, 3.8) is 0 Å². The molecule has 0 radical (unpaired) electrons. The Bertz CT molecular complexity index is 1270. The molecule has 4 N–H and O–H groups in total. The molecule has 31 heavy (non-hydrogen) atoms. The number of aromatic nitrogens is 3. The molecule has 0 aliphatic rings. The normalized spacial score (nSPS) is 11.9. The van der Waals surface area contributed by atoms with Crippen molar-refractivity contribution in [1.82, 2.24) is 20.3 Å². The first-order valence-electron chi connectivity index (χ1n) is 9.35. The number of nitrogens with two attached hydrogens (primary N) is 1. The molecule has 0 fully saturated rings. The Morgan fingerprint density at radius 2 is 1.81 bits per heavy atom. The molecule has 9 heteroatoms. The molecule has 4 rings (SSSR count). The fraction of sp³-hybridized carbons (Fsp3) is 0.0909. The van der Waals surface area contributed by atoms with Crippen LogP contribution in [-0.4, -0.2) is 32.8 Å². The van der Waals surface area contributed by atoms with Crippen LogP contribution in [0, 0.1) is 0 Å². The van der Waals surface area contributed by atoms with E-state index in [1.54, 1.807) is 48.8 Å². The van der Waals surface area contributed by atoms with E-state index >= 15 is 0 Å². The summed E-state index contributed by atoms with van der Waals surface area (Å²) >= 11 is 12.0. The van der Waals surface area contributed by atoms with E-state index in [0.717, 1.165) is 11.1 Å². The first-order valence-corrected chi connectivity index (χ1v) is 10.1. The van der Waals surface area contributed by atoms with Crippen molar-refractivity contribution in [3.8, 4) is 11.4 Å². The molecule has 0 spiro atoms. The summed E-state index contributed by atoms with van der Waals surface area (Å²) in [4.78, 5) is 36.4. The van der Waals surface area contributed by atoms with E-state index < -0.39 is 17.9 Å². The number of primary amides is 1. The van der Waals surface area contributed by atoms with Crippen molar-refractivity contribution in [2.75, 3.05) is 0 Å². The van der Waals surface area contributed by atoms with Gasteiger partial charge in [-0.1, -0.05) is 29.3 Å². The van der Waals surface area contributed by atoms with Gasteiger partial charge in [-0.05, 0) is 48.0 Å². The maximum Gasteiger partial charge on any atom is 0.252 e. The number of halogens is 2. The highest BCUT2D eigenvalue weighted by atomic mass is 35.5. The number of pyridine rings is 1. The molecule has 2 aromatic carbocycles. The predicted octanol–water partition coefficient (Wildman–Crippen LogP) is 3.76. The van der Waals surface area contributed by atoms with Crippen LogP contribution in [-0.2, 0) is 11.2 Å². The van der Waals surface area contributed by atoms with Crippen LogP contribution in [0.15, 0.2) is 60.9 Å². The SMILES string of the molecule is NC(=O)C(Cc1ccc(Cl)c(Cl)c1)NC(=O)c1ccc2nc(-c3ccncc3)[nH]c2c1. The van der Waals surface area contributed by atoms with Crippen LogP contribution in [0.4, 0.5) is 0 Å². The highest BCUT2D eigenvalue weighted by Gasteiger charge is 2.20. The lowest BCUT2D eigenvalue weighted by molar-refractivity contribution is -0.119. The van der Waals surface area contributed by atoms with Gasteiger partial charge in [0.05, 0.1) is 21.1 Å². The van der Waals surface area contributed by atoms with Crippen molar-refractivity contribution in [3.05, 3.63) is 82.1 Å². The van der Waals surface area contributed by atoms with Crippen molar-refractivity contribution < 1.29 is 9.59 Å². The summed E-state index contributed by atoms with van der Waals surface area (Å²) in [5, 5.41) is 3.46. The van der Waals surface area contributed by atoms with Gasteiger partial charge in [-0.15, -0.1) is 0 Å². The van der Waals surface area contributed by atoms with Crippen LogP contribution in [0.2, 0.25) is 10.0 Å². The molecule has 1 unspecified atom stereocenters. The second-order valence-electron chi connectivity index (χ2n) is 6.93. The predicted molar refractivity (Wildman–Crippen MR) is 120 cm³/mol. The Balaban J connectivity index is 1.54. The number of rotatable bonds is 6. The van der Waals surface area contributed by atoms with Crippen LogP contribution in [0.5, 0.6) is 0 Å². The number of benzene rings is 2. The van der Waals surface area contributed by atoms with Gasteiger partial charge in [0.1, 0.15) is 11.9 Å². The Morgan fingerprint density at radius 1 is 1.03 bits per heavy atom. The molecule has 2 aromatic heterocycles. The van der Waals surface area contributed by atoms with Gasteiger partial charge in [0, 0.05) is 29.9 Å². The number of H-pyrrole nitrogens is 1. The second kappa shape index (κ2) is 8.75. The van der Waals surface area contributed by atoms with Crippen LogP contribution < -0.4 is 11.1 Å². The number of fused-ring (bicyclic) bond motifs is 1. The maximum absolute atomic E-state index is 12.8. The zero-order valence-corrected chi connectivity index (χ0v) is 17.6. The van der Waals surface area contributed by atoms with E-state index in [9.17, 15) is 9.59 Å². The van der Waals surface area contributed by atoms with Crippen molar-refractivity contribution in [2.24, 2.45) is 5.73 Å². The van der Waals surface area contributed by atoms with E-state index in [1.165, 1.54) is 0 Å². The number of hydrogen-bond acceptors (Lipinski definition) is 4. The molecule has 156 valence electrons. The number of amides is 2. The summed E-state index contributed by atoms with van der Waals surface area (Å²) in [5.41, 5.74) is 8.89. The zero-order chi connectivity index (χ0) is 22.0. The van der Waals surface area contributed by atoms with Crippen molar-refractivity contribution >= 4 is 46.0 Å². The zero-order valence-electron chi connectivity index (χ0n) is 16.1. The van der Waals surface area contributed by atoms with E-state index in [4.69, 9.17) is 28.9 Å². The largest absolute Gasteiger partial charge is 0.368 e. The van der Waals surface area contributed by atoms with Gasteiger partial charge in [0.2, 0.25) is 5.91 Å². The summed E-state index contributed by atoms with van der Waals surface area (Å²) < 4.78 is 0. The topological polar surface area (TPSA) is 114 Å². The summed E-state index contributed by atoms with van der Waals surface area (Å²) in [6.07, 6.45) is 3.55. The fourth-order valence-electron chi connectivity index (χ4n) is 3.16. The Kier molecular flexibility index (Phi) is 5.88. The number of carbonyl (C=O) groups is 2. The molecule has 4 aromatic rings. The van der Waals surface area contributed by atoms with Gasteiger partial charge >= 0.3 is 0 Å². The molecule has 0 saturated heterocycles. The first-order chi connectivity index (χ1) is 14.9. The highest BCUT2D eigenvalue weighted by Crippen LogP contribution is 2.24. The van der Waals surface area contributed by atoms with Crippen LogP contribution in [0.1, 0.15) is 15.9 Å². The van der Waals surface area contributed by atoms with Crippen molar-refractivity contribution in [2.45, 2.75) is 12.5 Å². The number of aromatic amines is 1. The number of carbonyl (C=O) groups excluding carboxylic acids is 2. The molecule has 0 aliphatic carbocycles. The minimum absolute atomic E-state index is 0.191. The quantitative estimate of drug-likeness (QED) is 0.412. The molecular weight excluding hydrogens is 437 g/mol. The smallest absolute Gasteiger partial charge is 0.252 e. The molecule has 1 atom stereocenters. The standard InChI is InChI=1S/C22H17Cl2N5O2/c23-15-3-1-12(9-16(15)24)10-19(20(25)30)29-22(31)14-2-4-17-18(11-14)28-21(27-17)13-5-7-26-8-6-13/h1-9,11,19H,10H2,(H2,25,30)(H,27,28)(H,29,31). The van der Waals surface area contributed by atoms with Crippen LogP contribution in [0.3, 0.4) is 0 Å². The second-order valence-corrected chi connectivity index (χ2v) is 7.75. The molecule has 0 saturated carbocycles. The van der Waals surface area contributed by atoms with Gasteiger partial charge in [0.25, 0.3) is 5.91 Å². The van der Waals surface area contributed by atoms with E-state index in [2.05, 4.69) is 20.3 Å². The van der Waals surface area contributed by atoms with E-state index in [1.807, 2.05) is 12.1 Å². The molecule has 0 aliphatic heterocycles. The summed E-state index contributed by atoms with van der Waals surface area (Å²) in [6.45, 7) is 0. The first kappa shape index (κ1) is 20.8. The highest BCUT2D eigenvalue weighted by molar-refractivity contribution is 6.42. The monoisotopic (exact) mass is 453 g/mol. The van der Waals surface area contributed by atoms with Crippen molar-refractivity contribution in [1.29, 1.82) is 0 Å². The third kappa shape index (κ3) is 4.68. The van der Waals surface area contributed by atoms with Gasteiger partial charge in [-0.2, -0.15) is 0 Å². The number of nitrogens with one attached hydrogen (secondary N) is 2. The average molecular weight is 454 g/mol. The van der Waals surface area contributed by atoms with Crippen LogP contribution in [0.25, 0.3) is 22.4 Å². The molecule has 7 nitrogen and oxygen atoms in total. The molecule has 2 amide bonds. The third-order valence-corrected chi connectivity index (χ3v) is 5.51. The minimum atomic E-state index is -0.908. The lowest BCUT2D eigenvalue weighted by Crippen LogP contribution is -2.45. The fourth-order valence-corrected chi connectivity index (χ4v) is 3.48. The lowest BCUT2D eigenvalue weighted by Gasteiger charge is -2.16. The Hall–Kier alpha value is -3.42. The van der Waals surface area contributed by atoms with Gasteiger partial charge in [-0.25, -0.2) is 4.98 Å². The number of imidazole rings is 1. The third-order valence-electron chi connectivity index (χ3n) is 4.77.